The predicted octanol–water partition coefficient (Wildman–Crippen LogP) is 3.01. The van der Waals surface area contributed by atoms with Crippen LogP contribution in [0.4, 0.5) is 4.39 Å². The van der Waals surface area contributed by atoms with Gasteiger partial charge in [-0.25, -0.2) is 4.39 Å². The summed E-state index contributed by atoms with van der Waals surface area (Å²) in [6.07, 6.45) is 3.62. The molecule has 146 valence electrons. The Morgan fingerprint density at radius 1 is 1.21 bits per heavy atom. The van der Waals surface area contributed by atoms with Crippen LogP contribution in [0.25, 0.3) is 6.08 Å². The lowest BCUT2D eigenvalue weighted by Gasteiger charge is -2.17. The molecule has 0 bridgehead atoms. The van der Waals surface area contributed by atoms with Gasteiger partial charge in [0.05, 0.1) is 7.11 Å². The Hall–Kier alpha value is -3.15. The summed E-state index contributed by atoms with van der Waals surface area (Å²) >= 11 is 0. The van der Waals surface area contributed by atoms with Crippen LogP contribution < -0.4 is 10.1 Å². The Balaban J connectivity index is 1.45. The second-order valence-electron chi connectivity index (χ2n) is 6.82. The summed E-state index contributed by atoms with van der Waals surface area (Å²) in [6, 6.07) is 13.5. The highest BCUT2D eigenvalue weighted by Crippen LogP contribution is 2.20. The van der Waals surface area contributed by atoms with E-state index in [1.165, 1.54) is 18.2 Å². The van der Waals surface area contributed by atoms with Crippen molar-refractivity contribution in [3.8, 4) is 5.75 Å². The topological polar surface area (TPSA) is 58.6 Å². The zero-order chi connectivity index (χ0) is 19.9. The highest BCUT2D eigenvalue weighted by atomic mass is 19.1. The molecule has 0 saturated carbocycles. The molecule has 0 aromatic heterocycles. The van der Waals surface area contributed by atoms with E-state index in [0.717, 1.165) is 16.9 Å². The van der Waals surface area contributed by atoms with E-state index >= 15 is 0 Å². The number of hydrogen-bond acceptors (Lipinski definition) is 3. The van der Waals surface area contributed by atoms with Gasteiger partial charge < -0.3 is 15.0 Å². The van der Waals surface area contributed by atoms with Crippen molar-refractivity contribution < 1.29 is 18.7 Å². The number of likely N-dealkylation sites (tertiary alicyclic amines) is 1. The van der Waals surface area contributed by atoms with E-state index in [2.05, 4.69) is 5.32 Å². The molecule has 3 rings (SSSR count). The molecule has 2 amide bonds. The number of rotatable bonds is 7. The van der Waals surface area contributed by atoms with Gasteiger partial charge in [0.25, 0.3) is 0 Å². The molecule has 1 N–H and O–H groups in total. The Kier molecular flexibility index (Phi) is 6.42. The maximum Gasteiger partial charge on any atom is 0.244 e. The number of ether oxygens (including phenoxy) is 1. The van der Waals surface area contributed by atoms with Crippen LogP contribution in [0.5, 0.6) is 5.75 Å². The van der Waals surface area contributed by atoms with E-state index in [-0.39, 0.29) is 23.5 Å². The van der Waals surface area contributed by atoms with Crippen molar-refractivity contribution in [2.75, 3.05) is 20.2 Å². The quantitative estimate of drug-likeness (QED) is 0.749. The van der Waals surface area contributed by atoms with Gasteiger partial charge in [0.15, 0.2) is 0 Å². The first kappa shape index (κ1) is 19.6. The molecule has 1 aliphatic heterocycles. The average Bonchev–Trinajstić information content (AvgIpc) is 3.06. The van der Waals surface area contributed by atoms with E-state index < -0.39 is 0 Å². The second kappa shape index (κ2) is 9.17. The third kappa shape index (κ3) is 5.42. The molecular weight excluding hydrogens is 359 g/mol. The van der Waals surface area contributed by atoms with Crippen LogP contribution in [0.3, 0.4) is 0 Å². The van der Waals surface area contributed by atoms with Crippen LogP contribution in [0.15, 0.2) is 54.6 Å². The number of carbonyl (C=O) groups is 2. The van der Waals surface area contributed by atoms with Crippen LogP contribution >= 0.6 is 0 Å². The first-order chi connectivity index (χ1) is 13.5. The van der Waals surface area contributed by atoms with Crippen molar-refractivity contribution in [1.82, 2.24) is 10.2 Å². The van der Waals surface area contributed by atoms with Crippen LogP contribution in [0.2, 0.25) is 0 Å². The van der Waals surface area contributed by atoms with E-state index in [4.69, 9.17) is 4.74 Å². The molecule has 6 heteroatoms. The van der Waals surface area contributed by atoms with E-state index in [9.17, 15) is 14.0 Å². The molecule has 0 aliphatic carbocycles. The second-order valence-corrected chi connectivity index (χ2v) is 6.82. The minimum atomic E-state index is -0.292. The third-order valence-corrected chi connectivity index (χ3v) is 4.69. The lowest BCUT2D eigenvalue weighted by Crippen LogP contribution is -2.30. The highest BCUT2D eigenvalue weighted by molar-refractivity contribution is 5.91. The predicted molar refractivity (Wildman–Crippen MR) is 105 cm³/mol. The molecule has 5 nitrogen and oxygen atoms in total. The molecule has 1 fully saturated rings. The summed E-state index contributed by atoms with van der Waals surface area (Å²) in [7, 11) is 1.60. The fraction of sp³-hybridized carbons (Fsp3) is 0.273. The van der Waals surface area contributed by atoms with Crippen molar-refractivity contribution in [2.24, 2.45) is 5.92 Å². The Morgan fingerprint density at radius 2 is 1.93 bits per heavy atom. The van der Waals surface area contributed by atoms with E-state index in [0.29, 0.717) is 26.1 Å². The van der Waals surface area contributed by atoms with Crippen LogP contribution in [0, 0.1) is 11.7 Å². The van der Waals surface area contributed by atoms with Gasteiger partial charge in [0.2, 0.25) is 11.8 Å². The number of hydrogen-bond donors (Lipinski definition) is 1. The summed E-state index contributed by atoms with van der Waals surface area (Å²) in [4.78, 5) is 26.0. The Bertz CT molecular complexity index is 847. The fourth-order valence-corrected chi connectivity index (χ4v) is 3.14. The number of benzene rings is 2. The zero-order valence-electron chi connectivity index (χ0n) is 15.7. The number of nitrogens with zero attached hydrogens (tertiary/aromatic N) is 1. The summed E-state index contributed by atoms with van der Waals surface area (Å²) in [5.41, 5.74) is 1.79. The average molecular weight is 382 g/mol. The van der Waals surface area contributed by atoms with Gasteiger partial charge in [-0.2, -0.15) is 0 Å². The van der Waals surface area contributed by atoms with Gasteiger partial charge in [-0.15, -0.1) is 0 Å². The third-order valence-electron chi connectivity index (χ3n) is 4.69. The van der Waals surface area contributed by atoms with Crippen molar-refractivity contribution >= 4 is 17.9 Å². The molecule has 1 heterocycles. The zero-order valence-corrected chi connectivity index (χ0v) is 15.7. The van der Waals surface area contributed by atoms with Crippen molar-refractivity contribution in [2.45, 2.75) is 13.0 Å². The minimum absolute atomic E-state index is 0.0531. The van der Waals surface area contributed by atoms with Gasteiger partial charge in [0, 0.05) is 38.0 Å². The monoisotopic (exact) mass is 382 g/mol. The number of nitrogens with one attached hydrogen (secondary N) is 1. The summed E-state index contributed by atoms with van der Waals surface area (Å²) in [6.45, 7) is 1.48. The van der Waals surface area contributed by atoms with Crippen LogP contribution in [0.1, 0.15) is 17.5 Å². The molecule has 0 radical (unpaired) electrons. The van der Waals surface area contributed by atoms with Crippen molar-refractivity contribution in [3.63, 3.8) is 0 Å². The maximum atomic E-state index is 13.0. The van der Waals surface area contributed by atoms with Gasteiger partial charge in [-0.05, 0) is 41.5 Å². The molecule has 1 saturated heterocycles. The van der Waals surface area contributed by atoms with Crippen LogP contribution in [-0.4, -0.2) is 36.9 Å². The van der Waals surface area contributed by atoms with Gasteiger partial charge in [0.1, 0.15) is 11.6 Å². The Morgan fingerprint density at radius 3 is 2.61 bits per heavy atom. The number of methoxy groups -OCH3 is 1. The summed E-state index contributed by atoms with van der Waals surface area (Å²) in [5.74, 6) is 0.404. The smallest absolute Gasteiger partial charge is 0.244 e. The first-order valence-corrected chi connectivity index (χ1v) is 9.15. The molecular formula is C22H23FN2O3. The fourth-order valence-electron chi connectivity index (χ4n) is 3.14. The van der Waals surface area contributed by atoms with Crippen molar-refractivity contribution in [3.05, 3.63) is 71.6 Å². The van der Waals surface area contributed by atoms with Gasteiger partial charge in [-0.1, -0.05) is 24.3 Å². The standard InChI is InChI=1S/C22H23FN2O3/c1-28-20-9-4-16(5-10-20)6-11-21(26)24-13-18-12-22(27)25(15-18)14-17-2-7-19(23)8-3-17/h2-11,18H,12-15H2,1H3,(H,24,26)/b11-6-. The SMILES string of the molecule is COc1ccc(/C=C\C(=O)NCC2CC(=O)N(Cc3ccc(F)cc3)C2)cc1. The first-order valence-electron chi connectivity index (χ1n) is 9.15. The Labute approximate surface area is 163 Å². The highest BCUT2D eigenvalue weighted by Gasteiger charge is 2.29. The number of amides is 2. The number of carbonyl (C=O) groups excluding carboxylic acids is 2. The summed E-state index contributed by atoms with van der Waals surface area (Å²) in [5, 5.41) is 2.85. The molecule has 28 heavy (non-hydrogen) atoms. The van der Waals surface area contributed by atoms with Gasteiger partial charge >= 0.3 is 0 Å². The van der Waals surface area contributed by atoms with E-state index in [1.807, 2.05) is 24.3 Å². The number of halogens is 1. The van der Waals surface area contributed by atoms with Crippen molar-refractivity contribution in [1.29, 1.82) is 0 Å². The molecule has 1 atom stereocenters. The lowest BCUT2D eigenvalue weighted by atomic mass is 10.1. The molecule has 2 aromatic carbocycles. The lowest BCUT2D eigenvalue weighted by molar-refractivity contribution is -0.128. The molecule has 1 aliphatic rings. The largest absolute Gasteiger partial charge is 0.497 e. The molecule has 0 spiro atoms. The maximum absolute atomic E-state index is 13.0. The minimum Gasteiger partial charge on any atom is -0.497 e. The summed E-state index contributed by atoms with van der Waals surface area (Å²) < 4.78 is 18.1. The van der Waals surface area contributed by atoms with E-state index in [1.54, 1.807) is 30.2 Å². The van der Waals surface area contributed by atoms with Gasteiger partial charge in [-0.3, -0.25) is 9.59 Å². The molecule has 1 unspecified atom stereocenters. The normalized spacial score (nSPS) is 16.6. The molecule has 2 aromatic rings. The van der Waals surface area contributed by atoms with Crippen LogP contribution in [-0.2, 0) is 16.1 Å².